The highest BCUT2D eigenvalue weighted by atomic mass is 16.6. The van der Waals surface area contributed by atoms with Gasteiger partial charge in [0, 0.05) is 18.8 Å². The van der Waals surface area contributed by atoms with Crippen molar-refractivity contribution < 1.29 is 14.8 Å². The Morgan fingerprint density at radius 1 is 1.70 bits per heavy atom. The number of hydrogen-bond acceptors (Lipinski definition) is 6. The Balaban J connectivity index is 2.47. The molecule has 1 fully saturated rings. The second-order valence-electron chi connectivity index (χ2n) is 4.57. The fourth-order valence-electron chi connectivity index (χ4n) is 2.49. The van der Waals surface area contributed by atoms with Gasteiger partial charge in [-0.05, 0) is 19.4 Å². The van der Waals surface area contributed by atoms with Crippen molar-refractivity contribution in [1.29, 1.82) is 5.26 Å². The lowest BCUT2D eigenvalue weighted by Crippen LogP contribution is -2.34. The summed E-state index contributed by atoms with van der Waals surface area (Å²) in [5.74, 6) is -1.47. The van der Waals surface area contributed by atoms with Crippen molar-refractivity contribution in [1.82, 2.24) is 4.98 Å². The molecule has 1 N–H and O–H groups in total. The van der Waals surface area contributed by atoms with Crippen molar-refractivity contribution in [3.63, 3.8) is 0 Å². The van der Waals surface area contributed by atoms with Crippen molar-refractivity contribution in [2.75, 3.05) is 11.4 Å². The van der Waals surface area contributed by atoms with E-state index in [1.807, 2.05) is 0 Å². The summed E-state index contributed by atoms with van der Waals surface area (Å²) in [6, 6.07) is 2.63. The van der Waals surface area contributed by atoms with E-state index in [2.05, 4.69) is 4.98 Å². The Morgan fingerprint density at radius 3 is 2.90 bits per heavy atom. The average molecular weight is 276 g/mol. The first kappa shape index (κ1) is 13.7. The summed E-state index contributed by atoms with van der Waals surface area (Å²) in [7, 11) is 0. The van der Waals surface area contributed by atoms with Gasteiger partial charge in [0.1, 0.15) is 11.6 Å². The van der Waals surface area contributed by atoms with Crippen molar-refractivity contribution in [3.05, 3.63) is 27.9 Å². The zero-order valence-corrected chi connectivity index (χ0v) is 10.7. The predicted molar refractivity (Wildman–Crippen MR) is 68.2 cm³/mol. The summed E-state index contributed by atoms with van der Waals surface area (Å²) in [4.78, 5) is 27.2. The summed E-state index contributed by atoms with van der Waals surface area (Å²) in [6.45, 7) is 2.05. The molecule has 2 unspecified atom stereocenters. The zero-order chi connectivity index (χ0) is 14.9. The zero-order valence-electron chi connectivity index (χ0n) is 10.7. The first-order chi connectivity index (χ1) is 9.47. The number of nitrogens with zero attached hydrogens (tertiary/aromatic N) is 4. The number of aromatic nitrogens is 1. The summed E-state index contributed by atoms with van der Waals surface area (Å²) in [5, 5.41) is 29.2. The van der Waals surface area contributed by atoms with Crippen molar-refractivity contribution >= 4 is 17.5 Å². The molecule has 2 atom stereocenters. The van der Waals surface area contributed by atoms with Crippen LogP contribution in [0.2, 0.25) is 0 Å². The van der Waals surface area contributed by atoms with Gasteiger partial charge in [-0.15, -0.1) is 0 Å². The van der Waals surface area contributed by atoms with Gasteiger partial charge in [0.25, 0.3) is 0 Å². The SMILES string of the molecule is CC1C(C(=O)O)CCN1c1nccc(C#N)c1[N+](=O)[O-]. The summed E-state index contributed by atoms with van der Waals surface area (Å²) >= 11 is 0. The van der Waals surface area contributed by atoms with Gasteiger partial charge in [-0.25, -0.2) is 4.98 Å². The van der Waals surface area contributed by atoms with Gasteiger partial charge >= 0.3 is 11.7 Å². The molecule has 0 amide bonds. The maximum Gasteiger partial charge on any atom is 0.329 e. The third-order valence-electron chi connectivity index (χ3n) is 3.55. The van der Waals surface area contributed by atoms with Crippen LogP contribution < -0.4 is 4.90 Å². The molecular weight excluding hydrogens is 264 g/mol. The molecule has 8 nitrogen and oxygen atoms in total. The number of aliphatic carboxylic acids is 1. The molecule has 0 saturated carbocycles. The van der Waals surface area contributed by atoms with E-state index in [1.54, 1.807) is 17.9 Å². The monoisotopic (exact) mass is 276 g/mol. The van der Waals surface area contributed by atoms with E-state index >= 15 is 0 Å². The van der Waals surface area contributed by atoms with E-state index in [4.69, 9.17) is 10.4 Å². The van der Waals surface area contributed by atoms with Crippen LogP contribution in [0.1, 0.15) is 18.9 Å². The van der Waals surface area contributed by atoms with Crippen LogP contribution in [0.4, 0.5) is 11.5 Å². The number of carboxylic acid groups (broad SMARTS) is 1. The molecule has 0 radical (unpaired) electrons. The summed E-state index contributed by atoms with van der Waals surface area (Å²) in [5.41, 5.74) is -0.445. The van der Waals surface area contributed by atoms with Crippen LogP contribution >= 0.6 is 0 Å². The van der Waals surface area contributed by atoms with Crippen molar-refractivity contribution in [3.8, 4) is 6.07 Å². The Bertz CT molecular complexity index is 610. The van der Waals surface area contributed by atoms with E-state index in [-0.39, 0.29) is 17.1 Å². The highest BCUT2D eigenvalue weighted by Crippen LogP contribution is 2.35. The molecule has 0 aromatic carbocycles. The van der Waals surface area contributed by atoms with E-state index in [1.165, 1.54) is 12.3 Å². The fraction of sp³-hybridized carbons (Fsp3) is 0.417. The molecule has 20 heavy (non-hydrogen) atoms. The molecule has 1 aromatic rings. The molecule has 2 rings (SSSR count). The number of carbonyl (C=O) groups is 1. The number of pyridine rings is 1. The Hall–Kier alpha value is -2.69. The summed E-state index contributed by atoms with van der Waals surface area (Å²) < 4.78 is 0. The van der Waals surface area contributed by atoms with Gasteiger partial charge in [0.2, 0.25) is 5.82 Å². The lowest BCUT2D eigenvalue weighted by molar-refractivity contribution is -0.384. The average Bonchev–Trinajstić information content (AvgIpc) is 2.79. The smallest absolute Gasteiger partial charge is 0.329 e. The van der Waals surface area contributed by atoms with Gasteiger partial charge in [-0.3, -0.25) is 14.9 Å². The number of anilines is 1. The lowest BCUT2D eigenvalue weighted by Gasteiger charge is -2.23. The molecule has 2 heterocycles. The quantitative estimate of drug-likeness (QED) is 0.649. The largest absolute Gasteiger partial charge is 0.481 e. The Kier molecular flexibility index (Phi) is 3.52. The van der Waals surface area contributed by atoms with Crippen molar-refractivity contribution in [2.45, 2.75) is 19.4 Å². The van der Waals surface area contributed by atoms with Gasteiger partial charge in [-0.1, -0.05) is 0 Å². The normalized spacial score (nSPS) is 21.5. The third-order valence-corrected chi connectivity index (χ3v) is 3.55. The Labute approximate surface area is 114 Å². The van der Waals surface area contributed by atoms with E-state index in [0.29, 0.717) is 13.0 Å². The van der Waals surface area contributed by atoms with Crippen LogP contribution in [0.5, 0.6) is 0 Å². The highest BCUT2D eigenvalue weighted by molar-refractivity contribution is 5.74. The molecule has 8 heteroatoms. The number of rotatable bonds is 3. The molecule has 1 saturated heterocycles. The van der Waals surface area contributed by atoms with Crippen LogP contribution in [0.25, 0.3) is 0 Å². The fourth-order valence-corrected chi connectivity index (χ4v) is 2.49. The topological polar surface area (TPSA) is 120 Å². The molecule has 1 aliphatic rings. The Morgan fingerprint density at radius 2 is 2.40 bits per heavy atom. The van der Waals surface area contributed by atoms with E-state index in [0.717, 1.165) is 0 Å². The number of nitro groups is 1. The molecule has 0 spiro atoms. The highest BCUT2D eigenvalue weighted by Gasteiger charge is 2.39. The minimum atomic E-state index is -0.931. The number of hydrogen-bond donors (Lipinski definition) is 1. The van der Waals surface area contributed by atoms with Crippen LogP contribution in [0.3, 0.4) is 0 Å². The first-order valence-electron chi connectivity index (χ1n) is 6.00. The van der Waals surface area contributed by atoms with Gasteiger partial charge in [0.15, 0.2) is 0 Å². The molecule has 1 aromatic heterocycles. The minimum Gasteiger partial charge on any atom is -0.481 e. The van der Waals surface area contributed by atoms with Crippen LogP contribution in [0.15, 0.2) is 12.3 Å². The van der Waals surface area contributed by atoms with E-state index in [9.17, 15) is 14.9 Å². The maximum atomic E-state index is 11.2. The number of nitriles is 1. The molecule has 104 valence electrons. The minimum absolute atomic E-state index is 0.0605. The van der Waals surface area contributed by atoms with Gasteiger partial charge in [-0.2, -0.15) is 5.26 Å². The number of carboxylic acids is 1. The van der Waals surface area contributed by atoms with Crippen LogP contribution in [-0.2, 0) is 4.79 Å². The van der Waals surface area contributed by atoms with Gasteiger partial charge < -0.3 is 10.0 Å². The summed E-state index contributed by atoms with van der Waals surface area (Å²) in [6.07, 6.45) is 1.72. The van der Waals surface area contributed by atoms with Crippen molar-refractivity contribution in [2.24, 2.45) is 5.92 Å². The molecule has 0 aliphatic carbocycles. The van der Waals surface area contributed by atoms with Crippen LogP contribution in [0, 0.1) is 27.4 Å². The predicted octanol–water partition coefficient (Wildman–Crippen LogP) is 1.16. The maximum absolute atomic E-state index is 11.2. The lowest BCUT2D eigenvalue weighted by atomic mass is 10.0. The first-order valence-corrected chi connectivity index (χ1v) is 6.00. The van der Waals surface area contributed by atoms with Crippen LogP contribution in [-0.4, -0.2) is 33.6 Å². The van der Waals surface area contributed by atoms with E-state index < -0.39 is 22.9 Å². The third kappa shape index (κ3) is 2.14. The second kappa shape index (κ2) is 5.13. The second-order valence-corrected chi connectivity index (χ2v) is 4.57. The molecule has 0 bridgehead atoms. The molecule has 1 aliphatic heterocycles. The standard InChI is InChI=1S/C12H12N4O4/c1-7-9(12(17)18)3-5-15(7)11-10(16(19)20)8(6-13)2-4-14-11/h2,4,7,9H,3,5H2,1H3,(H,17,18). The van der Waals surface area contributed by atoms with Gasteiger partial charge in [0.05, 0.1) is 10.8 Å². The molecular formula is C12H12N4O4.